The summed E-state index contributed by atoms with van der Waals surface area (Å²) >= 11 is 0. The van der Waals surface area contributed by atoms with Crippen LogP contribution in [0.5, 0.6) is 0 Å². The fourth-order valence-electron chi connectivity index (χ4n) is 4.54. The molecule has 0 fully saturated rings. The van der Waals surface area contributed by atoms with Crippen LogP contribution in [-0.2, 0) is 11.3 Å². The number of anilines is 4. The molecule has 4 aromatic rings. The van der Waals surface area contributed by atoms with Crippen molar-refractivity contribution in [1.29, 1.82) is 0 Å². The lowest BCUT2D eigenvalue weighted by Gasteiger charge is -2.24. The van der Waals surface area contributed by atoms with Crippen molar-refractivity contribution < 1.29 is 33.3 Å². The minimum absolute atomic E-state index is 0.264. The lowest BCUT2D eigenvalue weighted by atomic mass is 10.1. The molecule has 0 aliphatic heterocycles. The van der Waals surface area contributed by atoms with Crippen molar-refractivity contribution >= 4 is 39.9 Å². The Morgan fingerprint density at radius 3 is 2.64 bits per heavy atom. The van der Waals surface area contributed by atoms with Gasteiger partial charge in [-0.3, -0.25) is 0 Å². The van der Waals surface area contributed by atoms with E-state index in [4.69, 9.17) is 39.2 Å². The summed E-state index contributed by atoms with van der Waals surface area (Å²) in [5, 5.41) is 4.33. The lowest BCUT2D eigenvalue weighted by Crippen LogP contribution is -2.29. The van der Waals surface area contributed by atoms with E-state index in [9.17, 15) is 4.79 Å². The highest BCUT2D eigenvalue weighted by atomic mass is 16.5. The fourth-order valence-corrected chi connectivity index (χ4v) is 4.54. The first kappa shape index (κ1) is 19.0. The van der Waals surface area contributed by atoms with Gasteiger partial charge in [0.15, 0.2) is 0 Å². The van der Waals surface area contributed by atoms with Gasteiger partial charge in [0, 0.05) is 85.0 Å². The van der Waals surface area contributed by atoms with Crippen LogP contribution in [0, 0.1) is 6.92 Å². The fraction of sp³-hybridized carbons (Fsp3) is 0.367. The zero-order chi connectivity index (χ0) is 44.3. The van der Waals surface area contributed by atoms with Gasteiger partial charge in [-0.15, -0.1) is 0 Å². The number of rotatable bonds is 10. The van der Waals surface area contributed by atoms with Crippen LogP contribution in [0.4, 0.5) is 23.0 Å². The van der Waals surface area contributed by atoms with Crippen molar-refractivity contribution in [2.75, 3.05) is 50.2 Å². The number of carbonyl (C=O) groups is 1. The van der Waals surface area contributed by atoms with Crippen molar-refractivity contribution in [3.63, 3.8) is 0 Å². The van der Waals surface area contributed by atoms with Crippen LogP contribution in [0.25, 0.3) is 22.2 Å². The lowest BCUT2D eigenvalue weighted by molar-refractivity contribution is 0.0378. The molecule has 0 amide bonds. The zero-order valence-electron chi connectivity index (χ0n) is 39.9. The highest BCUT2D eigenvalue weighted by molar-refractivity contribution is 6.03. The summed E-state index contributed by atoms with van der Waals surface area (Å²) in [5.41, 5.74) is 12.7. The van der Waals surface area contributed by atoms with Gasteiger partial charge in [-0.05, 0) is 65.6 Å². The van der Waals surface area contributed by atoms with Gasteiger partial charge >= 0.3 is 5.97 Å². The number of aromatic nitrogens is 3. The molecule has 9 heteroatoms. The molecule has 0 saturated heterocycles. The average Bonchev–Trinajstić information content (AvgIpc) is 3.62. The van der Waals surface area contributed by atoms with Gasteiger partial charge in [0.2, 0.25) is 5.95 Å². The number of carbonyl (C=O) groups excluding carboxylic acids is 1. The van der Waals surface area contributed by atoms with Gasteiger partial charge in [-0.1, -0.05) is 18.2 Å². The van der Waals surface area contributed by atoms with E-state index in [1.165, 1.54) is 6.20 Å². The Bertz CT molecular complexity index is 1520. The molecule has 0 spiro atoms. The second-order valence-corrected chi connectivity index (χ2v) is 10.3. The van der Waals surface area contributed by atoms with Crippen LogP contribution >= 0.6 is 0 Å². The summed E-state index contributed by atoms with van der Waals surface area (Å²) in [6.45, 7) is 10.3. The minimum atomic E-state index is -0.453. The summed E-state index contributed by atoms with van der Waals surface area (Å²) in [4.78, 5) is 26.7. The monoisotopic (exact) mass is 578 g/mol. The van der Waals surface area contributed by atoms with E-state index < -0.39 is 5.97 Å². The molecule has 0 atom stereocenters. The number of aryl methyl sites for hydroxylation is 2. The standard InChI is InChI=1S/C30H39N7O2.8H2/c1-8-37-18-23(21-11-9-10-12-26(21)37)28-22(29(38)39-19(2)3)17-32-30(34-28)33-25-16-24(31)27(15-20(25)4)36(7)14-13-35(5)6;;;;;;;;/h9-12,15-19H,8,13-14,31H2,1-7H3,(H,32,33,34);8*1H/i;8*1+2T. The summed E-state index contributed by atoms with van der Waals surface area (Å²) in [6.07, 6.45) is 3.31. The highest BCUT2D eigenvalue weighted by Crippen LogP contribution is 2.34. The number of nitrogens with zero attached hydrogens (tertiary/aromatic N) is 5. The maximum absolute atomic E-state index is 13.1. The Morgan fingerprint density at radius 1 is 1.21 bits per heavy atom. The van der Waals surface area contributed by atoms with E-state index >= 15 is 0 Å². The molecule has 0 saturated carbocycles. The van der Waals surface area contributed by atoms with Gasteiger partial charge in [0.25, 0.3) is 0 Å². The van der Waals surface area contributed by atoms with Gasteiger partial charge in [-0.25, -0.2) is 14.8 Å². The van der Waals surface area contributed by atoms with Crippen LogP contribution in [0.3, 0.4) is 0 Å². The van der Waals surface area contributed by atoms with Gasteiger partial charge in [0.1, 0.15) is 5.56 Å². The number of nitrogens with one attached hydrogen (secondary N) is 1. The number of hydrogen-bond acceptors (Lipinski definition) is 8. The van der Waals surface area contributed by atoms with Crippen molar-refractivity contribution in [3.8, 4) is 11.3 Å². The Labute approximate surface area is 255 Å². The Balaban J connectivity index is -0.000000463. The van der Waals surface area contributed by atoms with Crippen LogP contribution in [0.1, 0.15) is 60.4 Å². The topological polar surface area (TPSA) is 102 Å². The van der Waals surface area contributed by atoms with Gasteiger partial charge < -0.3 is 30.2 Å². The number of nitrogen functional groups attached to an aromatic ring is 1. The highest BCUT2D eigenvalue weighted by Gasteiger charge is 2.22. The van der Waals surface area contributed by atoms with E-state index in [1.807, 2.05) is 58.3 Å². The predicted octanol–water partition coefficient (Wildman–Crippen LogP) is 7.28. The second-order valence-electron chi connectivity index (χ2n) is 10.3. The summed E-state index contributed by atoms with van der Waals surface area (Å²) < 4.78 is 87.7. The van der Waals surface area contributed by atoms with E-state index in [0.717, 1.165) is 53.0 Å². The van der Waals surface area contributed by atoms with Crippen LogP contribution < -0.4 is 16.0 Å². The molecule has 0 aliphatic rings. The number of nitrogens with two attached hydrogens (primary N) is 1. The smallest absolute Gasteiger partial charge is 0.342 e. The number of fused-ring (bicyclic) bond motifs is 1. The third kappa shape index (κ3) is 6.15. The largest absolute Gasteiger partial charge is 0.459 e. The molecule has 222 valence electrons. The molecule has 4 rings (SSSR count). The number of likely N-dealkylation sites (N-methyl/N-ethyl adjacent to an activating group) is 2. The third-order valence-electron chi connectivity index (χ3n) is 6.65. The molecule has 3 N–H and O–H groups in total. The molecule has 0 aliphatic carbocycles. The Hall–Kier alpha value is -4.11. The molecular weight excluding hydrogens is 490 g/mol. The number of esters is 1. The summed E-state index contributed by atoms with van der Waals surface area (Å²) in [5.74, 6) is -0.0824. The number of para-hydroxylation sites is 1. The Morgan fingerprint density at radius 2 is 1.95 bits per heavy atom. The first-order valence-electron chi connectivity index (χ1n) is 21.3. The molecular formula is C30H55N7O2. The summed E-state index contributed by atoms with van der Waals surface area (Å²) in [7, 11) is 6.15. The number of hydrogen-bond donors (Lipinski definition) is 2. The van der Waals surface area contributed by atoms with Crippen molar-refractivity contribution in [3.05, 3.63) is 59.9 Å². The van der Waals surface area contributed by atoms with Gasteiger partial charge in [-0.2, -0.15) is 0 Å². The van der Waals surface area contributed by atoms with E-state index in [0.29, 0.717) is 22.9 Å². The van der Waals surface area contributed by atoms with Gasteiger partial charge in [0.05, 0.1) is 23.2 Å². The number of ether oxygens (including phenoxy) is 1. The minimum Gasteiger partial charge on any atom is -0.459 e. The second kappa shape index (κ2) is 11.7. The maximum atomic E-state index is 13.1. The first-order valence-corrected chi connectivity index (χ1v) is 13.3. The third-order valence-corrected chi connectivity index (χ3v) is 6.65. The number of benzene rings is 2. The SMILES string of the molecule is CCn1cc(-c2nc(Nc3cc(N)c(N(C)CCN(C)C)cc3C)ncc2C(=O)OC(C)C)c2ccccc21.[3H][3H].[3H][3H].[3H][3H].[3H][3H].[3H][3H].[3H][3H].[3H][3H].[3H][3H]. The predicted molar refractivity (Wildman–Crippen MR) is 177 cm³/mol. The molecule has 9 nitrogen and oxygen atoms in total. The average molecular weight is 578 g/mol. The summed E-state index contributed by atoms with van der Waals surface area (Å²) in [6, 6.07) is 12.1. The first-order chi connectivity index (χ1) is 26.6. The van der Waals surface area contributed by atoms with E-state index in [1.54, 1.807) is 0 Å². The van der Waals surface area contributed by atoms with Crippen LogP contribution in [0.15, 0.2) is 48.8 Å². The molecule has 2 aromatic heterocycles. The molecule has 0 unspecified atom stereocenters. The quantitative estimate of drug-likeness (QED) is 0.150. The zero-order valence-corrected chi connectivity index (χ0v) is 23.9. The molecule has 2 aromatic carbocycles. The molecule has 39 heavy (non-hydrogen) atoms. The maximum Gasteiger partial charge on any atom is 0.342 e. The van der Waals surface area contributed by atoms with Crippen LogP contribution in [0.2, 0.25) is 0 Å². The normalized spacial score (nSPS) is 13.1. The van der Waals surface area contributed by atoms with Crippen molar-refractivity contribution in [2.24, 2.45) is 0 Å². The molecule has 0 bridgehead atoms. The van der Waals surface area contributed by atoms with Crippen molar-refractivity contribution in [1.82, 2.24) is 19.4 Å². The van der Waals surface area contributed by atoms with Crippen molar-refractivity contribution in [2.45, 2.75) is 40.3 Å². The molecule has 0 radical (unpaired) electrons. The molecule has 2 heterocycles. The van der Waals surface area contributed by atoms with Crippen LogP contribution in [-0.4, -0.2) is 65.7 Å². The van der Waals surface area contributed by atoms with E-state index in [-0.39, 0.29) is 6.10 Å². The van der Waals surface area contributed by atoms with E-state index in [2.05, 4.69) is 57.8 Å². The Kier molecular flexibility index (Phi) is 5.73.